The molecule has 4 aliphatic heterocycles. The van der Waals surface area contributed by atoms with Crippen LogP contribution in [-0.2, 0) is 55.0 Å². The molecule has 4 heterocycles. The Morgan fingerprint density at radius 3 is 1.16 bits per heavy atom. The van der Waals surface area contributed by atoms with Crippen LogP contribution in [0.3, 0.4) is 0 Å². The first kappa shape index (κ1) is 57.7. The molecule has 18 nitrogen and oxygen atoms in total. The summed E-state index contributed by atoms with van der Waals surface area (Å²) in [7, 11) is 0. The molecule has 18 heteroatoms. The van der Waals surface area contributed by atoms with E-state index in [-0.39, 0.29) is 39.5 Å². The summed E-state index contributed by atoms with van der Waals surface area (Å²) in [5.74, 6) is -1.18. The van der Waals surface area contributed by atoms with E-state index in [0.29, 0.717) is 26.2 Å². The Morgan fingerprint density at radius 1 is 0.421 bits per heavy atom. The molecule has 4 saturated heterocycles. The fraction of sp³-hybridized carbons (Fsp3) is 0.517. The van der Waals surface area contributed by atoms with E-state index in [0.717, 1.165) is 100 Å². The van der Waals surface area contributed by atoms with Gasteiger partial charge in [0.2, 0.25) is 0 Å². The molecule has 6 N–H and O–H groups in total. The topological polar surface area (TPSA) is 207 Å². The monoisotopic (exact) mass is 1050 g/mol. The number of nitrogens with zero attached hydrogens (tertiary/aromatic N) is 4. The molecule has 0 bridgehead atoms. The molecule has 0 aromatic heterocycles. The minimum absolute atomic E-state index is 0.000745. The molecule has 0 aliphatic carbocycles. The number of hydrogen-bond donors (Lipinski definition) is 6. The Kier molecular flexibility index (Phi) is 24.3. The van der Waals surface area contributed by atoms with Gasteiger partial charge in [-0.1, -0.05) is 134 Å². The van der Waals surface area contributed by atoms with E-state index >= 15 is 0 Å². The predicted octanol–water partition coefficient (Wildman–Crippen LogP) is 4.29. The van der Waals surface area contributed by atoms with Gasteiger partial charge in [0.15, 0.2) is 12.1 Å². The van der Waals surface area contributed by atoms with Gasteiger partial charge >= 0.3 is 24.1 Å². The normalized spacial score (nSPS) is 23.7. The molecule has 2 amide bonds. The summed E-state index contributed by atoms with van der Waals surface area (Å²) < 4.78 is 22.4. The Morgan fingerprint density at radius 2 is 0.763 bits per heavy atom. The van der Waals surface area contributed by atoms with Gasteiger partial charge in [0.1, 0.15) is 32.5 Å². The third-order valence-electron chi connectivity index (χ3n) is 14.3. The zero-order valence-electron chi connectivity index (χ0n) is 43.9. The van der Waals surface area contributed by atoms with E-state index < -0.39 is 60.5 Å². The molecule has 0 saturated carbocycles. The molecule has 0 spiro atoms. The highest BCUT2D eigenvalue weighted by Gasteiger charge is 2.52. The predicted molar refractivity (Wildman–Crippen MR) is 289 cm³/mol. The number of rotatable bonds is 12. The number of benzene rings is 4. The number of β-amino-alcohol motifs (C(OH)–C–C–N with tert-alkyl or cyclic N) is 1. The molecule has 0 radical (unpaired) electrons. The van der Waals surface area contributed by atoms with E-state index in [1.165, 1.54) is 22.6 Å². The lowest BCUT2D eigenvalue weighted by Crippen LogP contribution is -2.56. The van der Waals surface area contributed by atoms with Crippen LogP contribution < -0.4 is 21.3 Å². The fourth-order valence-corrected chi connectivity index (χ4v) is 10.1. The molecule has 1 unspecified atom stereocenters. The fourth-order valence-electron chi connectivity index (χ4n) is 10.1. The number of aliphatic hydroxyl groups is 2. The average molecular weight is 1050 g/mol. The van der Waals surface area contributed by atoms with Gasteiger partial charge in [0, 0.05) is 58.9 Å². The van der Waals surface area contributed by atoms with Crippen LogP contribution >= 0.6 is 0 Å². The lowest BCUT2D eigenvalue weighted by molar-refractivity contribution is -0.153. The minimum atomic E-state index is -1.14. The minimum Gasteiger partial charge on any atom is -0.459 e. The van der Waals surface area contributed by atoms with Crippen molar-refractivity contribution in [2.45, 2.75) is 101 Å². The summed E-state index contributed by atoms with van der Waals surface area (Å²) in [5, 5.41) is 36.5. The van der Waals surface area contributed by atoms with Gasteiger partial charge in [-0.25, -0.2) is 19.2 Å². The smallest absolute Gasteiger partial charge is 0.410 e. The first-order chi connectivity index (χ1) is 37.3. The number of ether oxygens (including phenoxy) is 4. The molecule has 4 aromatic carbocycles. The SMILES string of the molecule is O=C(OCc1ccccc1)[C@H]1[C@@H](O)C(N2CCNCCCCCNCC2)CN1C(=O)OCc1ccccc1.O=C(OCc1ccccc1)[C@H]1[C@H](N2CCNCCCCCNCC2)[C@@H](O)CN1C(=O)OCc1ccccc1. The number of hydrogen-bond acceptors (Lipinski definition) is 16. The Bertz CT molecular complexity index is 2230. The van der Waals surface area contributed by atoms with Crippen LogP contribution in [0.4, 0.5) is 9.59 Å². The molecule has 6 atom stereocenters. The van der Waals surface area contributed by atoms with Crippen LogP contribution in [0.1, 0.15) is 60.8 Å². The molecular formula is C58H80N8O10. The van der Waals surface area contributed by atoms with Gasteiger partial charge in [0.25, 0.3) is 0 Å². The summed E-state index contributed by atoms with van der Waals surface area (Å²) in [6.45, 7) is 9.94. The average Bonchev–Trinajstić information content (AvgIpc) is 3.99. The van der Waals surface area contributed by atoms with Crippen LogP contribution in [-0.4, -0.2) is 182 Å². The molecule has 4 fully saturated rings. The lowest BCUT2D eigenvalue weighted by atomic mass is 10.0. The van der Waals surface area contributed by atoms with Crippen LogP contribution in [0, 0.1) is 0 Å². The maximum Gasteiger partial charge on any atom is 0.410 e. The van der Waals surface area contributed by atoms with Gasteiger partial charge in [0.05, 0.1) is 24.7 Å². The van der Waals surface area contributed by atoms with Crippen molar-refractivity contribution >= 4 is 24.1 Å². The highest BCUT2D eigenvalue weighted by molar-refractivity contribution is 5.84. The van der Waals surface area contributed by atoms with Crippen molar-refractivity contribution in [2.24, 2.45) is 0 Å². The number of amides is 2. The number of likely N-dealkylation sites (tertiary alicyclic amines) is 2. The van der Waals surface area contributed by atoms with E-state index in [2.05, 4.69) is 31.1 Å². The van der Waals surface area contributed by atoms with Crippen molar-refractivity contribution in [1.82, 2.24) is 40.9 Å². The van der Waals surface area contributed by atoms with Crippen molar-refractivity contribution in [3.8, 4) is 0 Å². The number of aliphatic hydroxyl groups excluding tert-OH is 2. The molecule has 8 rings (SSSR count). The van der Waals surface area contributed by atoms with Crippen LogP contribution in [0.25, 0.3) is 0 Å². The third kappa shape index (κ3) is 18.1. The molecule has 76 heavy (non-hydrogen) atoms. The second-order valence-corrected chi connectivity index (χ2v) is 19.8. The van der Waals surface area contributed by atoms with Gasteiger partial charge in [-0.05, 0) is 74.1 Å². The molecule has 4 aromatic rings. The summed E-state index contributed by atoms with van der Waals surface area (Å²) in [5.41, 5.74) is 3.39. The summed E-state index contributed by atoms with van der Waals surface area (Å²) in [4.78, 5) is 60.2. The zero-order chi connectivity index (χ0) is 53.2. The molecule has 4 aliphatic rings. The standard InChI is InChI=1S/2C29H40N4O5/c34-27-25(32-18-16-30-14-8-3-9-15-31-17-19-32)20-33(29(36)38-22-24-12-6-2-7-13-24)26(27)28(35)37-21-23-10-4-1-5-11-23;34-25-20-33(29(36)38-22-24-12-6-2-7-13-24)27(28(35)37-21-23-10-4-1-5-11-23)26(25)32-18-16-30-14-8-3-9-15-31-17-19-32/h2*1-2,4-7,10-13,25-27,30-31,34H,3,8-9,14-22H2/t25?,26-,27+;25-,26+,27+/m10/s1. The second kappa shape index (κ2) is 31.9. The van der Waals surface area contributed by atoms with Gasteiger partial charge in [-0.3, -0.25) is 19.6 Å². The zero-order valence-corrected chi connectivity index (χ0v) is 43.9. The van der Waals surface area contributed by atoms with Crippen LogP contribution in [0.5, 0.6) is 0 Å². The Hall–Kier alpha value is -5.96. The third-order valence-corrected chi connectivity index (χ3v) is 14.3. The number of carbonyl (C=O) groups is 4. The van der Waals surface area contributed by atoms with E-state index in [1.54, 1.807) is 0 Å². The number of esters is 2. The van der Waals surface area contributed by atoms with Gasteiger partial charge in [-0.2, -0.15) is 0 Å². The summed E-state index contributed by atoms with van der Waals surface area (Å²) in [6.07, 6.45) is 3.57. The highest BCUT2D eigenvalue weighted by Crippen LogP contribution is 2.28. The largest absolute Gasteiger partial charge is 0.459 e. The maximum absolute atomic E-state index is 13.5. The van der Waals surface area contributed by atoms with Gasteiger partial charge < -0.3 is 50.4 Å². The highest BCUT2D eigenvalue weighted by atomic mass is 16.6. The van der Waals surface area contributed by atoms with Crippen molar-refractivity contribution in [2.75, 3.05) is 91.6 Å². The van der Waals surface area contributed by atoms with E-state index in [9.17, 15) is 29.4 Å². The maximum atomic E-state index is 13.5. The van der Waals surface area contributed by atoms with E-state index in [1.807, 2.05) is 121 Å². The Balaban J connectivity index is 0.000000221. The molecule has 412 valence electrons. The quantitative estimate of drug-likeness (QED) is 0.0865. The van der Waals surface area contributed by atoms with Gasteiger partial charge in [-0.15, -0.1) is 0 Å². The first-order valence-electron chi connectivity index (χ1n) is 27.3. The number of nitrogens with one attached hydrogen (secondary N) is 4. The summed E-state index contributed by atoms with van der Waals surface area (Å²) >= 11 is 0. The van der Waals surface area contributed by atoms with Crippen molar-refractivity contribution in [3.05, 3.63) is 144 Å². The van der Waals surface area contributed by atoms with Crippen LogP contribution in [0.2, 0.25) is 0 Å². The van der Waals surface area contributed by atoms with Crippen molar-refractivity contribution in [1.29, 1.82) is 0 Å². The first-order valence-corrected chi connectivity index (χ1v) is 27.3. The summed E-state index contributed by atoms with van der Waals surface area (Å²) in [6, 6.07) is 34.4. The second-order valence-electron chi connectivity index (χ2n) is 19.8. The van der Waals surface area contributed by atoms with E-state index in [4.69, 9.17) is 18.9 Å². The van der Waals surface area contributed by atoms with Crippen molar-refractivity contribution in [3.63, 3.8) is 0 Å². The molecular weight excluding hydrogens is 969 g/mol. The number of carbonyl (C=O) groups excluding carboxylic acids is 4. The lowest BCUT2D eigenvalue weighted by Gasteiger charge is -2.35. The van der Waals surface area contributed by atoms with Crippen LogP contribution in [0.15, 0.2) is 121 Å². The van der Waals surface area contributed by atoms with Crippen molar-refractivity contribution < 1.29 is 48.3 Å². The Labute approximate surface area is 448 Å².